The van der Waals surface area contributed by atoms with E-state index in [4.69, 9.17) is 4.74 Å². The molecule has 1 aromatic carbocycles. The van der Waals surface area contributed by atoms with Crippen LogP contribution in [0.15, 0.2) is 22.7 Å². The molecule has 0 aromatic heterocycles. The van der Waals surface area contributed by atoms with Crippen molar-refractivity contribution >= 4 is 21.8 Å². The molecule has 1 aromatic rings. The predicted molar refractivity (Wildman–Crippen MR) is 74.1 cm³/mol. The maximum Gasteiger partial charge on any atom is 0.251 e. The van der Waals surface area contributed by atoms with Gasteiger partial charge in [0, 0.05) is 18.2 Å². The highest BCUT2D eigenvalue weighted by molar-refractivity contribution is 9.10. The van der Waals surface area contributed by atoms with Crippen molar-refractivity contribution in [3.05, 3.63) is 28.2 Å². The van der Waals surface area contributed by atoms with Gasteiger partial charge in [0.1, 0.15) is 5.75 Å². The van der Waals surface area contributed by atoms with Gasteiger partial charge in [0.15, 0.2) is 0 Å². The van der Waals surface area contributed by atoms with Crippen LogP contribution < -0.4 is 15.4 Å². The van der Waals surface area contributed by atoms with Crippen LogP contribution >= 0.6 is 15.9 Å². The van der Waals surface area contributed by atoms with E-state index in [1.54, 1.807) is 25.3 Å². The van der Waals surface area contributed by atoms with Crippen LogP contribution in [0.2, 0.25) is 0 Å². The zero-order valence-corrected chi connectivity index (χ0v) is 11.9. The number of piperidine rings is 1. The number of carbonyl (C=O) groups excluding carboxylic acids is 1. The van der Waals surface area contributed by atoms with Crippen LogP contribution in [-0.2, 0) is 0 Å². The third kappa shape index (κ3) is 3.23. The van der Waals surface area contributed by atoms with E-state index in [1.165, 1.54) is 0 Å². The number of rotatable bonds is 3. The molecule has 4 nitrogen and oxygen atoms in total. The Balaban J connectivity index is 2.01. The number of halogens is 1. The Bertz CT molecular complexity index is 431. The molecule has 0 radical (unpaired) electrons. The monoisotopic (exact) mass is 312 g/mol. The number of nitrogens with one attached hydrogen (secondary N) is 2. The second kappa shape index (κ2) is 6.20. The Labute approximate surface area is 115 Å². The summed E-state index contributed by atoms with van der Waals surface area (Å²) >= 11 is 3.38. The maximum atomic E-state index is 12.1. The predicted octanol–water partition coefficient (Wildman–Crippen LogP) is 1.94. The number of amides is 1. The third-order valence-electron chi connectivity index (χ3n) is 3.05. The molecule has 0 bridgehead atoms. The fraction of sp³-hybridized carbons (Fsp3) is 0.462. The van der Waals surface area contributed by atoms with E-state index >= 15 is 0 Å². The SMILES string of the molecule is COc1ccc(C(=O)N[C@H]2CCCNC2)cc1Br. The van der Waals surface area contributed by atoms with Crippen molar-refractivity contribution in [2.24, 2.45) is 0 Å². The largest absolute Gasteiger partial charge is 0.496 e. The highest BCUT2D eigenvalue weighted by atomic mass is 79.9. The minimum Gasteiger partial charge on any atom is -0.496 e. The fourth-order valence-corrected chi connectivity index (χ4v) is 2.59. The van der Waals surface area contributed by atoms with Gasteiger partial charge in [0.2, 0.25) is 0 Å². The summed E-state index contributed by atoms with van der Waals surface area (Å²) in [5.41, 5.74) is 0.647. The molecule has 18 heavy (non-hydrogen) atoms. The summed E-state index contributed by atoms with van der Waals surface area (Å²) in [6, 6.07) is 5.57. The molecule has 0 saturated carbocycles. The van der Waals surface area contributed by atoms with E-state index in [2.05, 4.69) is 26.6 Å². The van der Waals surface area contributed by atoms with Crippen molar-refractivity contribution in [1.82, 2.24) is 10.6 Å². The van der Waals surface area contributed by atoms with Gasteiger partial charge in [0.25, 0.3) is 5.91 Å². The summed E-state index contributed by atoms with van der Waals surface area (Å²) in [6.45, 7) is 1.89. The zero-order valence-electron chi connectivity index (χ0n) is 10.3. The first-order valence-corrected chi connectivity index (χ1v) is 6.85. The first kappa shape index (κ1) is 13.4. The van der Waals surface area contributed by atoms with Crippen LogP contribution in [0.1, 0.15) is 23.2 Å². The quantitative estimate of drug-likeness (QED) is 0.897. The van der Waals surface area contributed by atoms with Crippen LogP contribution in [0.3, 0.4) is 0 Å². The van der Waals surface area contributed by atoms with Gasteiger partial charge in [-0.3, -0.25) is 4.79 Å². The molecule has 0 spiro atoms. The van der Waals surface area contributed by atoms with Crippen molar-refractivity contribution in [2.45, 2.75) is 18.9 Å². The van der Waals surface area contributed by atoms with Gasteiger partial charge in [-0.05, 0) is 53.5 Å². The maximum absolute atomic E-state index is 12.1. The molecule has 1 aliphatic rings. The molecule has 2 N–H and O–H groups in total. The lowest BCUT2D eigenvalue weighted by Gasteiger charge is -2.23. The van der Waals surface area contributed by atoms with Gasteiger partial charge in [-0.15, -0.1) is 0 Å². The summed E-state index contributed by atoms with van der Waals surface area (Å²) < 4.78 is 5.93. The molecule has 1 saturated heterocycles. The number of methoxy groups -OCH3 is 1. The van der Waals surface area contributed by atoms with E-state index in [1.807, 2.05) is 0 Å². The molecular weight excluding hydrogens is 296 g/mol. The van der Waals surface area contributed by atoms with Crippen molar-refractivity contribution in [2.75, 3.05) is 20.2 Å². The van der Waals surface area contributed by atoms with E-state index in [-0.39, 0.29) is 11.9 Å². The molecule has 1 atom stereocenters. The van der Waals surface area contributed by atoms with E-state index in [9.17, 15) is 4.79 Å². The average Bonchev–Trinajstić information content (AvgIpc) is 2.39. The Morgan fingerprint density at radius 1 is 1.56 bits per heavy atom. The topological polar surface area (TPSA) is 50.4 Å². The normalized spacial score (nSPS) is 19.3. The van der Waals surface area contributed by atoms with Crippen LogP contribution in [0.5, 0.6) is 5.75 Å². The Morgan fingerprint density at radius 2 is 2.39 bits per heavy atom. The number of hydrogen-bond donors (Lipinski definition) is 2. The molecule has 0 aliphatic carbocycles. The molecule has 1 aliphatic heterocycles. The molecular formula is C13H17BrN2O2. The molecule has 0 unspecified atom stereocenters. The molecule has 2 rings (SSSR count). The van der Waals surface area contributed by atoms with Gasteiger partial charge in [-0.1, -0.05) is 0 Å². The van der Waals surface area contributed by atoms with Crippen LogP contribution in [0.25, 0.3) is 0 Å². The van der Waals surface area contributed by atoms with Crippen LogP contribution in [-0.4, -0.2) is 32.1 Å². The standard InChI is InChI=1S/C13H17BrN2O2/c1-18-12-5-4-9(7-11(12)14)13(17)16-10-3-2-6-15-8-10/h4-5,7,10,15H,2-3,6,8H2,1H3,(H,16,17)/t10-/m0/s1. The van der Waals surface area contributed by atoms with Crippen molar-refractivity contribution in [3.8, 4) is 5.75 Å². The van der Waals surface area contributed by atoms with Crippen molar-refractivity contribution in [3.63, 3.8) is 0 Å². The molecule has 98 valence electrons. The lowest BCUT2D eigenvalue weighted by Crippen LogP contribution is -2.45. The zero-order chi connectivity index (χ0) is 13.0. The first-order chi connectivity index (χ1) is 8.70. The number of carbonyl (C=O) groups is 1. The van der Waals surface area contributed by atoms with E-state index in [0.29, 0.717) is 5.56 Å². The Morgan fingerprint density at radius 3 is 3.00 bits per heavy atom. The van der Waals surface area contributed by atoms with E-state index in [0.717, 1.165) is 36.2 Å². The summed E-state index contributed by atoms with van der Waals surface area (Å²) in [5.74, 6) is 0.693. The fourth-order valence-electron chi connectivity index (χ4n) is 2.05. The summed E-state index contributed by atoms with van der Waals surface area (Å²) in [6.07, 6.45) is 2.15. The van der Waals surface area contributed by atoms with Gasteiger partial charge < -0.3 is 15.4 Å². The van der Waals surface area contributed by atoms with Crippen LogP contribution in [0.4, 0.5) is 0 Å². The van der Waals surface area contributed by atoms with E-state index < -0.39 is 0 Å². The summed E-state index contributed by atoms with van der Waals surface area (Å²) in [7, 11) is 1.60. The highest BCUT2D eigenvalue weighted by Crippen LogP contribution is 2.25. The Hall–Kier alpha value is -1.07. The average molecular weight is 313 g/mol. The first-order valence-electron chi connectivity index (χ1n) is 6.06. The van der Waals surface area contributed by atoms with Crippen molar-refractivity contribution < 1.29 is 9.53 Å². The summed E-state index contributed by atoms with van der Waals surface area (Å²) in [4.78, 5) is 12.1. The second-order valence-corrected chi connectivity index (χ2v) is 5.22. The number of ether oxygens (including phenoxy) is 1. The minimum atomic E-state index is -0.0351. The number of hydrogen-bond acceptors (Lipinski definition) is 3. The van der Waals surface area contributed by atoms with Gasteiger partial charge in [-0.25, -0.2) is 0 Å². The van der Waals surface area contributed by atoms with Gasteiger partial charge >= 0.3 is 0 Å². The highest BCUT2D eigenvalue weighted by Gasteiger charge is 2.16. The molecule has 1 fully saturated rings. The lowest BCUT2D eigenvalue weighted by atomic mass is 10.1. The number of benzene rings is 1. The van der Waals surface area contributed by atoms with Crippen molar-refractivity contribution in [1.29, 1.82) is 0 Å². The Kier molecular flexibility index (Phi) is 4.60. The van der Waals surface area contributed by atoms with Crippen LogP contribution in [0, 0.1) is 0 Å². The molecule has 1 heterocycles. The van der Waals surface area contributed by atoms with Gasteiger partial charge in [-0.2, -0.15) is 0 Å². The summed E-state index contributed by atoms with van der Waals surface area (Å²) in [5, 5.41) is 6.31. The second-order valence-electron chi connectivity index (χ2n) is 4.37. The lowest BCUT2D eigenvalue weighted by molar-refractivity contribution is 0.0930. The smallest absolute Gasteiger partial charge is 0.251 e. The molecule has 5 heteroatoms. The minimum absolute atomic E-state index is 0.0351. The third-order valence-corrected chi connectivity index (χ3v) is 3.67. The van der Waals surface area contributed by atoms with Gasteiger partial charge in [0.05, 0.1) is 11.6 Å². The molecule has 1 amide bonds.